The number of anilines is 1. The van der Waals surface area contributed by atoms with Gasteiger partial charge in [0.05, 0.1) is 0 Å². The standard InChI is InChI=1S/C8H9F2NOS.C2H6/c1-11-6-2-4-7(5-3-6)13(12)8(9)10;1-2/h2-5,8,11H,1H3;1-2H3. The molecule has 5 heteroatoms. The van der Waals surface area contributed by atoms with Crippen molar-refractivity contribution in [3.05, 3.63) is 24.3 Å². The minimum Gasteiger partial charge on any atom is -0.388 e. The van der Waals surface area contributed by atoms with Crippen molar-refractivity contribution in [2.45, 2.75) is 24.5 Å². The molecule has 15 heavy (non-hydrogen) atoms. The second kappa shape index (κ2) is 7.34. The van der Waals surface area contributed by atoms with Crippen LogP contribution in [0.4, 0.5) is 14.5 Å². The Morgan fingerprint density at radius 3 is 2.00 bits per heavy atom. The van der Waals surface area contributed by atoms with Gasteiger partial charge in [0.15, 0.2) is 0 Å². The highest BCUT2D eigenvalue weighted by Gasteiger charge is 2.14. The van der Waals surface area contributed by atoms with Crippen LogP contribution in [-0.4, -0.2) is 17.0 Å². The van der Waals surface area contributed by atoms with E-state index in [-0.39, 0.29) is 4.90 Å². The van der Waals surface area contributed by atoms with E-state index in [1.54, 1.807) is 19.2 Å². The van der Waals surface area contributed by atoms with E-state index in [1.165, 1.54) is 12.1 Å². The molecule has 1 atom stereocenters. The quantitative estimate of drug-likeness (QED) is 0.872. The van der Waals surface area contributed by atoms with Crippen LogP contribution in [0, 0.1) is 0 Å². The maximum Gasteiger partial charge on any atom is 0.316 e. The third-order valence-electron chi connectivity index (χ3n) is 1.54. The highest BCUT2D eigenvalue weighted by atomic mass is 32.2. The Hall–Kier alpha value is -0.970. The topological polar surface area (TPSA) is 29.1 Å². The Balaban J connectivity index is 0.000000921. The van der Waals surface area contributed by atoms with Crippen molar-refractivity contribution in [2.75, 3.05) is 12.4 Å². The first kappa shape index (κ1) is 14.0. The first-order valence-corrected chi connectivity index (χ1v) is 5.83. The minimum atomic E-state index is -2.82. The summed E-state index contributed by atoms with van der Waals surface area (Å²) in [6.45, 7) is 4.00. The summed E-state index contributed by atoms with van der Waals surface area (Å²) >= 11 is 0. The fourth-order valence-electron chi connectivity index (χ4n) is 0.859. The zero-order valence-corrected chi connectivity index (χ0v) is 9.78. The molecule has 0 saturated heterocycles. The van der Waals surface area contributed by atoms with Crippen molar-refractivity contribution < 1.29 is 13.0 Å². The van der Waals surface area contributed by atoms with E-state index in [1.807, 2.05) is 13.8 Å². The molecule has 1 unspecified atom stereocenters. The van der Waals surface area contributed by atoms with E-state index >= 15 is 0 Å². The number of rotatable bonds is 3. The van der Waals surface area contributed by atoms with E-state index in [0.29, 0.717) is 0 Å². The van der Waals surface area contributed by atoms with Crippen molar-refractivity contribution in [3.63, 3.8) is 0 Å². The van der Waals surface area contributed by atoms with E-state index in [4.69, 9.17) is 0 Å². The Bertz CT molecular complexity index is 301. The van der Waals surface area contributed by atoms with Crippen molar-refractivity contribution >= 4 is 16.5 Å². The fourth-order valence-corrected chi connectivity index (χ4v) is 1.47. The maximum absolute atomic E-state index is 12.0. The van der Waals surface area contributed by atoms with Crippen LogP contribution in [-0.2, 0) is 10.8 Å². The average Bonchev–Trinajstić information content (AvgIpc) is 2.31. The SMILES string of the molecule is CC.CNc1ccc(S(=O)C(F)F)cc1. The zero-order chi connectivity index (χ0) is 11.8. The van der Waals surface area contributed by atoms with Crippen molar-refractivity contribution in [1.82, 2.24) is 0 Å². The summed E-state index contributed by atoms with van der Waals surface area (Å²) in [5, 5.41) is 2.84. The molecule has 0 bridgehead atoms. The second-order valence-electron chi connectivity index (χ2n) is 2.33. The lowest BCUT2D eigenvalue weighted by atomic mass is 10.3. The lowest BCUT2D eigenvalue weighted by molar-refractivity contribution is 0.244. The highest BCUT2D eigenvalue weighted by molar-refractivity contribution is 7.85. The van der Waals surface area contributed by atoms with Gasteiger partial charge in [-0.05, 0) is 24.3 Å². The van der Waals surface area contributed by atoms with Gasteiger partial charge in [-0.15, -0.1) is 0 Å². The molecule has 0 heterocycles. The first-order valence-electron chi connectivity index (χ1n) is 4.61. The maximum atomic E-state index is 12.0. The normalized spacial score (nSPS) is 11.6. The van der Waals surface area contributed by atoms with Gasteiger partial charge >= 0.3 is 5.76 Å². The van der Waals surface area contributed by atoms with E-state index in [9.17, 15) is 13.0 Å². The molecular weight excluding hydrogens is 220 g/mol. The van der Waals surface area contributed by atoms with E-state index in [2.05, 4.69) is 5.32 Å². The average molecular weight is 235 g/mol. The van der Waals surface area contributed by atoms with Crippen LogP contribution in [0.1, 0.15) is 13.8 Å². The van der Waals surface area contributed by atoms with Gasteiger partial charge in [-0.3, -0.25) is 0 Å². The van der Waals surface area contributed by atoms with Gasteiger partial charge in [0, 0.05) is 17.6 Å². The summed E-state index contributed by atoms with van der Waals surface area (Å²) in [6, 6.07) is 6.06. The summed E-state index contributed by atoms with van der Waals surface area (Å²) in [5.74, 6) is -2.82. The predicted octanol–water partition coefficient (Wildman–Crippen LogP) is 3.08. The number of nitrogens with one attached hydrogen (secondary N) is 1. The molecule has 1 aromatic rings. The van der Waals surface area contributed by atoms with Crippen LogP contribution in [0.25, 0.3) is 0 Å². The van der Waals surface area contributed by atoms with Gasteiger partial charge in [-0.25, -0.2) is 4.21 Å². The van der Waals surface area contributed by atoms with Gasteiger partial charge < -0.3 is 5.32 Å². The molecule has 86 valence electrons. The number of alkyl halides is 2. The zero-order valence-electron chi connectivity index (χ0n) is 8.96. The summed E-state index contributed by atoms with van der Waals surface area (Å²) < 4.78 is 34.8. The lowest BCUT2D eigenvalue weighted by Gasteiger charge is -2.02. The smallest absolute Gasteiger partial charge is 0.316 e. The molecule has 2 nitrogen and oxygen atoms in total. The Morgan fingerprint density at radius 2 is 1.67 bits per heavy atom. The van der Waals surface area contributed by atoms with E-state index < -0.39 is 16.6 Å². The summed E-state index contributed by atoms with van der Waals surface area (Å²) in [7, 11) is -0.485. The number of halogens is 2. The molecule has 0 saturated carbocycles. The molecule has 0 aliphatic carbocycles. The number of benzene rings is 1. The molecule has 0 aliphatic heterocycles. The highest BCUT2D eigenvalue weighted by Crippen LogP contribution is 2.16. The molecule has 0 spiro atoms. The third kappa shape index (κ3) is 4.38. The molecule has 1 rings (SSSR count). The summed E-state index contributed by atoms with van der Waals surface area (Å²) in [6.07, 6.45) is 0. The number of hydrogen-bond donors (Lipinski definition) is 1. The predicted molar refractivity (Wildman–Crippen MR) is 59.7 cm³/mol. The van der Waals surface area contributed by atoms with Crippen molar-refractivity contribution in [2.24, 2.45) is 0 Å². The molecule has 0 aromatic heterocycles. The van der Waals surface area contributed by atoms with Gasteiger partial charge in [-0.1, -0.05) is 13.8 Å². The van der Waals surface area contributed by atoms with Gasteiger partial charge in [0.25, 0.3) is 0 Å². The molecule has 0 aliphatic rings. The van der Waals surface area contributed by atoms with Crippen LogP contribution < -0.4 is 5.32 Å². The molecule has 0 radical (unpaired) electrons. The Morgan fingerprint density at radius 1 is 1.20 bits per heavy atom. The molecular formula is C10H15F2NOS. The molecule has 1 N–H and O–H groups in total. The minimum absolute atomic E-state index is 0.147. The Kier molecular flexibility index (Phi) is 6.86. The monoisotopic (exact) mass is 235 g/mol. The van der Waals surface area contributed by atoms with Gasteiger partial charge in [0.2, 0.25) is 0 Å². The van der Waals surface area contributed by atoms with Crippen LogP contribution in [0.5, 0.6) is 0 Å². The summed E-state index contributed by atoms with van der Waals surface area (Å²) in [4.78, 5) is 0.147. The van der Waals surface area contributed by atoms with Crippen LogP contribution in [0.3, 0.4) is 0 Å². The van der Waals surface area contributed by atoms with Crippen LogP contribution in [0.2, 0.25) is 0 Å². The number of hydrogen-bond acceptors (Lipinski definition) is 2. The fraction of sp³-hybridized carbons (Fsp3) is 0.400. The van der Waals surface area contributed by atoms with Crippen molar-refractivity contribution in [3.8, 4) is 0 Å². The van der Waals surface area contributed by atoms with E-state index in [0.717, 1.165) is 5.69 Å². The van der Waals surface area contributed by atoms with Crippen molar-refractivity contribution in [1.29, 1.82) is 0 Å². The second-order valence-corrected chi connectivity index (χ2v) is 3.76. The first-order chi connectivity index (χ1) is 7.15. The van der Waals surface area contributed by atoms with Crippen LogP contribution >= 0.6 is 0 Å². The molecule has 0 amide bonds. The molecule has 1 aromatic carbocycles. The lowest BCUT2D eigenvalue weighted by Crippen LogP contribution is -2.02. The Labute approximate surface area is 91.2 Å². The third-order valence-corrected chi connectivity index (χ3v) is 2.60. The summed E-state index contributed by atoms with van der Waals surface area (Å²) in [5.41, 5.74) is 0.801. The van der Waals surface area contributed by atoms with Gasteiger partial charge in [0.1, 0.15) is 10.8 Å². The molecule has 0 fully saturated rings. The van der Waals surface area contributed by atoms with Gasteiger partial charge in [-0.2, -0.15) is 8.78 Å². The van der Waals surface area contributed by atoms with Crippen LogP contribution in [0.15, 0.2) is 29.2 Å². The largest absolute Gasteiger partial charge is 0.388 e.